The molecule has 4 nitrogen and oxygen atoms in total. The van der Waals surface area contributed by atoms with E-state index in [1.54, 1.807) is 0 Å². The van der Waals surface area contributed by atoms with Gasteiger partial charge >= 0.3 is 0 Å². The summed E-state index contributed by atoms with van der Waals surface area (Å²) in [5.41, 5.74) is 6.53. The molecule has 0 amide bonds. The van der Waals surface area contributed by atoms with E-state index in [9.17, 15) is 0 Å². The van der Waals surface area contributed by atoms with E-state index < -0.39 is 0 Å². The van der Waals surface area contributed by atoms with E-state index >= 15 is 0 Å². The molecule has 0 N–H and O–H groups in total. The number of ether oxygens (including phenoxy) is 3. The fourth-order valence-electron chi connectivity index (χ4n) is 4.91. The van der Waals surface area contributed by atoms with Crippen molar-refractivity contribution >= 4 is 18.0 Å². The maximum absolute atomic E-state index is 6.27. The Bertz CT molecular complexity index is 1650. The summed E-state index contributed by atoms with van der Waals surface area (Å²) in [5, 5.41) is 0. The van der Waals surface area contributed by atoms with Gasteiger partial charge in [0.2, 0.25) is 5.90 Å². The van der Waals surface area contributed by atoms with Gasteiger partial charge in [0.1, 0.15) is 19.8 Å². The van der Waals surface area contributed by atoms with E-state index in [2.05, 4.69) is 72.8 Å². The van der Waals surface area contributed by atoms with Gasteiger partial charge in [-0.05, 0) is 52.4 Å². The number of hydrogen-bond acceptors (Lipinski definition) is 4. The zero-order valence-electron chi connectivity index (χ0n) is 23.4. The van der Waals surface area contributed by atoms with Gasteiger partial charge in [-0.3, -0.25) is 0 Å². The van der Waals surface area contributed by atoms with Crippen molar-refractivity contribution < 1.29 is 14.2 Å². The van der Waals surface area contributed by atoms with Gasteiger partial charge in [-0.2, -0.15) is 0 Å². The number of nitrogens with zero attached hydrogens (tertiary/aromatic N) is 1. The minimum atomic E-state index is 0.118. The monoisotopic (exact) mass is 551 g/mol. The topological polar surface area (TPSA) is 40.0 Å². The molecule has 0 fully saturated rings. The third-order valence-electron chi connectivity index (χ3n) is 7.12. The molecular weight excluding hydrogens is 518 g/mol. The van der Waals surface area contributed by atoms with Crippen molar-refractivity contribution in [1.82, 2.24) is 0 Å². The highest BCUT2D eigenvalue weighted by atomic mass is 16.5. The second-order valence-corrected chi connectivity index (χ2v) is 10.3. The molecule has 0 aliphatic carbocycles. The summed E-state index contributed by atoms with van der Waals surface area (Å²) in [5.74, 6) is 2.12. The average Bonchev–Trinajstić information content (AvgIpc) is 3.52. The first-order chi connectivity index (χ1) is 20.8. The zero-order valence-corrected chi connectivity index (χ0v) is 23.4. The van der Waals surface area contributed by atoms with Crippen LogP contribution in [0.1, 0.15) is 33.4 Å². The van der Waals surface area contributed by atoms with Crippen LogP contribution in [0.2, 0.25) is 0 Å². The fraction of sp³-hybridized carbons (Fsp3) is 0.132. The number of hydrogen-bond donors (Lipinski definition) is 0. The van der Waals surface area contributed by atoms with Gasteiger partial charge < -0.3 is 14.2 Å². The second-order valence-electron chi connectivity index (χ2n) is 10.3. The van der Waals surface area contributed by atoms with Gasteiger partial charge in [-0.25, -0.2) is 4.99 Å². The summed E-state index contributed by atoms with van der Waals surface area (Å²) >= 11 is 0. The van der Waals surface area contributed by atoms with Crippen LogP contribution in [0, 0.1) is 0 Å². The molecule has 1 aliphatic rings. The van der Waals surface area contributed by atoms with Gasteiger partial charge in [-0.15, -0.1) is 0 Å². The van der Waals surface area contributed by atoms with E-state index in [-0.39, 0.29) is 6.04 Å². The molecule has 0 spiro atoms. The fourth-order valence-corrected chi connectivity index (χ4v) is 4.91. The van der Waals surface area contributed by atoms with Crippen molar-refractivity contribution in [2.75, 3.05) is 6.61 Å². The minimum Gasteiger partial charge on any atom is -0.485 e. The largest absolute Gasteiger partial charge is 0.485 e. The van der Waals surface area contributed by atoms with Crippen LogP contribution < -0.4 is 9.47 Å². The van der Waals surface area contributed by atoms with Crippen molar-refractivity contribution in [3.05, 3.63) is 167 Å². The molecular formula is C38H33NO3. The molecule has 6 rings (SSSR count). The molecule has 1 aliphatic heterocycles. The minimum absolute atomic E-state index is 0.118. The van der Waals surface area contributed by atoms with E-state index in [0.29, 0.717) is 37.2 Å². The molecule has 1 atom stereocenters. The summed E-state index contributed by atoms with van der Waals surface area (Å²) in [6.07, 6.45) is 5.06. The predicted octanol–water partition coefficient (Wildman–Crippen LogP) is 8.40. The summed E-state index contributed by atoms with van der Waals surface area (Å²) in [6, 6.07) is 45.2. The average molecular weight is 552 g/mol. The molecule has 0 saturated heterocycles. The summed E-state index contributed by atoms with van der Waals surface area (Å²) < 4.78 is 18.5. The molecule has 42 heavy (non-hydrogen) atoms. The van der Waals surface area contributed by atoms with Crippen LogP contribution in [0.25, 0.3) is 12.2 Å². The molecule has 5 aromatic rings. The molecule has 208 valence electrons. The Balaban J connectivity index is 1.21. The van der Waals surface area contributed by atoms with Gasteiger partial charge in [0.15, 0.2) is 11.5 Å². The van der Waals surface area contributed by atoms with Gasteiger partial charge in [0, 0.05) is 5.56 Å². The number of benzene rings is 5. The highest BCUT2D eigenvalue weighted by molar-refractivity contribution is 5.99. The molecule has 1 heterocycles. The molecule has 0 saturated carbocycles. The van der Waals surface area contributed by atoms with Crippen LogP contribution in [0.3, 0.4) is 0 Å². The van der Waals surface area contributed by atoms with E-state index in [4.69, 9.17) is 19.2 Å². The summed E-state index contributed by atoms with van der Waals surface area (Å²) in [4.78, 5) is 4.92. The Morgan fingerprint density at radius 1 is 0.619 bits per heavy atom. The third kappa shape index (κ3) is 7.15. The smallest absolute Gasteiger partial charge is 0.217 e. The Labute approximate surface area is 247 Å². The first-order valence-corrected chi connectivity index (χ1v) is 14.3. The molecule has 0 radical (unpaired) electrons. The highest BCUT2D eigenvalue weighted by Crippen LogP contribution is 2.31. The maximum Gasteiger partial charge on any atom is 0.217 e. The first-order valence-electron chi connectivity index (χ1n) is 14.3. The van der Waals surface area contributed by atoms with Crippen molar-refractivity contribution in [1.29, 1.82) is 0 Å². The predicted molar refractivity (Wildman–Crippen MR) is 170 cm³/mol. The Morgan fingerprint density at radius 2 is 1.21 bits per heavy atom. The van der Waals surface area contributed by atoms with Gasteiger partial charge in [-0.1, -0.05) is 127 Å². The van der Waals surface area contributed by atoms with Crippen molar-refractivity contribution in [2.24, 2.45) is 4.99 Å². The third-order valence-corrected chi connectivity index (χ3v) is 7.12. The normalized spacial score (nSPS) is 14.4. The lowest BCUT2D eigenvalue weighted by atomic mass is 10.1. The summed E-state index contributed by atoms with van der Waals surface area (Å²) in [6.45, 7) is 1.52. The Kier molecular flexibility index (Phi) is 8.72. The van der Waals surface area contributed by atoms with E-state index in [1.165, 1.54) is 5.56 Å². The SMILES string of the molecule is C(=C\c1ccccc1C1=N[C@@H](Cc2ccccc2)CO1)/c1ccc(OCc2ccccc2)c(OCc2ccccc2)c1. The van der Waals surface area contributed by atoms with E-state index in [1.807, 2.05) is 72.8 Å². The van der Waals surface area contributed by atoms with Crippen LogP contribution in [-0.4, -0.2) is 18.5 Å². The van der Waals surface area contributed by atoms with Crippen molar-refractivity contribution in [2.45, 2.75) is 25.7 Å². The van der Waals surface area contributed by atoms with Gasteiger partial charge in [0.05, 0.1) is 6.04 Å². The lowest BCUT2D eigenvalue weighted by Gasteiger charge is -2.14. The Hall–Kier alpha value is -5.09. The van der Waals surface area contributed by atoms with Crippen LogP contribution in [0.5, 0.6) is 11.5 Å². The zero-order chi connectivity index (χ0) is 28.4. The first kappa shape index (κ1) is 27.1. The van der Waals surface area contributed by atoms with Crippen LogP contribution in [-0.2, 0) is 24.4 Å². The standard InChI is InChI=1S/C38H33NO3/c1-4-12-29(13-5-1)24-34-28-42-38(39-34)35-19-11-10-18-33(35)22-20-30-21-23-36(40-26-31-14-6-2-7-15-31)37(25-30)41-27-32-16-8-3-9-17-32/h1-23,25,34H,24,26-28H2/b22-20+/t34-/m0/s1. The maximum atomic E-state index is 6.27. The summed E-state index contributed by atoms with van der Waals surface area (Å²) in [7, 11) is 0. The molecule has 0 aromatic heterocycles. The van der Waals surface area contributed by atoms with Gasteiger partial charge in [0.25, 0.3) is 0 Å². The van der Waals surface area contributed by atoms with Crippen molar-refractivity contribution in [3.8, 4) is 11.5 Å². The van der Waals surface area contributed by atoms with Crippen LogP contribution in [0.15, 0.2) is 138 Å². The van der Waals surface area contributed by atoms with Crippen LogP contribution >= 0.6 is 0 Å². The quantitative estimate of drug-likeness (QED) is 0.155. The molecule has 4 heteroatoms. The number of aliphatic imine (C=N–C) groups is 1. The Morgan fingerprint density at radius 3 is 1.90 bits per heavy atom. The highest BCUT2D eigenvalue weighted by Gasteiger charge is 2.21. The van der Waals surface area contributed by atoms with Crippen LogP contribution in [0.4, 0.5) is 0 Å². The van der Waals surface area contributed by atoms with Crippen molar-refractivity contribution in [3.63, 3.8) is 0 Å². The second kappa shape index (κ2) is 13.5. The number of rotatable bonds is 11. The molecule has 5 aromatic carbocycles. The van der Waals surface area contributed by atoms with E-state index in [0.717, 1.165) is 34.2 Å². The lowest BCUT2D eigenvalue weighted by Crippen LogP contribution is -2.09. The molecule has 0 unspecified atom stereocenters. The molecule has 0 bridgehead atoms. The lowest BCUT2D eigenvalue weighted by molar-refractivity contribution is 0.256.